The number of benzene rings is 2. The Morgan fingerprint density at radius 1 is 1.05 bits per heavy atom. The summed E-state index contributed by atoms with van der Waals surface area (Å²) in [6.45, 7) is 3.76. The largest absolute Gasteiger partial charge is 0.506 e. The minimum Gasteiger partial charge on any atom is -0.506 e. The Morgan fingerprint density at radius 2 is 1.76 bits per heavy atom. The molecule has 0 radical (unpaired) electrons. The van der Waals surface area contributed by atoms with E-state index in [1.807, 2.05) is 26.0 Å². The zero-order valence-corrected chi connectivity index (χ0v) is 11.7. The zero-order chi connectivity index (χ0) is 15.6. The van der Waals surface area contributed by atoms with Crippen molar-refractivity contribution in [3.8, 4) is 5.75 Å². The second-order valence-electron chi connectivity index (χ2n) is 4.81. The molecule has 0 saturated heterocycles. The summed E-state index contributed by atoms with van der Waals surface area (Å²) in [7, 11) is 0. The molecule has 2 aromatic carbocycles. The predicted octanol–water partition coefficient (Wildman–Crippen LogP) is 2.96. The van der Waals surface area contributed by atoms with Gasteiger partial charge in [0, 0.05) is 5.56 Å². The van der Waals surface area contributed by atoms with E-state index in [-0.39, 0.29) is 22.9 Å². The molecule has 2 rings (SSSR count). The van der Waals surface area contributed by atoms with Crippen LogP contribution < -0.4 is 5.32 Å². The average Bonchev–Trinajstić information content (AvgIpc) is 2.40. The number of aromatic hydroxyl groups is 1. The van der Waals surface area contributed by atoms with Crippen molar-refractivity contribution in [3.63, 3.8) is 0 Å². The number of amides is 1. The van der Waals surface area contributed by atoms with Gasteiger partial charge < -0.3 is 15.5 Å². The Morgan fingerprint density at radius 3 is 2.33 bits per heavy atom. The van der Waals surface area contributed by atoms with E-state index in [4.69, 9.17) is 5.11 Å². The van der Waals surface area contributed by atoms with Gasteiger partial charge in [-0.1, -0.05) is 17.7 Å². The maximum atomic E-state index is 12.2. The van der Waals surface area contributed by atoms with Crippen LogP contribution >= 0.6 is 0 Å². The number of rotatable bonds is 3. The van der Waals surface area contributed by atoms with E-state index in [1.165, 1.54) is 12.1 Å². The predicted molar refractivity (Wildman–Crippen MR) is 78.9 cm³/mol. The van der Waals surface area contributed by atoms with Crippen LogP contribution in [0.5, 0.6) is 5.75 Å². The van der Waals surface area contributed by atoms with Crippen LogP contribution in [0.4, 0.5) is 5.69 Å². The van der Waals surface area contributed by atoms with E-state index in [9.17, 15) is 14.7 Å². The second kappa shape index (κ2) is 5.66. The van der Waals surface area contributed by atoms with Gasteiger partial charge >= 0.3 is 5.97 Å². The summed E-state index contributed by atoms with van der Waals surface area (Å²) in [5, 5.41) is 21.2. The Bertz CT molecular complexity index is 722. The highest BCUT2D eigenvalue weighted by atomic mass is 16.4. The lowest BCUT2D eigenvalue weighted by Gasteiger charge is -2.10. The van der Waals surface area contributed by atoms with Crippen LogP contribution in [0, 0.1) is 13.8 Å². The molecule has 0 spiro atoms. The van der Waals surface area contributed by atoms with Gasteiger partial charge in [0.15, 0.2) is 0 Å². The van der Waals surface area contributed by atoms with Crippen molar-refractivity contribution in [1.29, 1.82) is 0 Å². The van der Waals surface area contributed by atoms with Gasteiger partial charge in [-0.05, 0) is 43.7 Å². The number of nitrogens with one attached hydrogen (secondary N) is 1. The molecule has 0 aliphatic carbocycles. The van der Waals surface area contributed by atoms with Crippen molar-refractivity contribution in [2.75, 3.05) is 5.32 Å². The van der Waals surface area contributed by atoms with Gasteiger partial charge in [0.25, 0.3) is 5.91 Å². The third-order valence-electron chi connectivity index (χ3n) is 3.12. The van der Waals surface area contributed by atoms with Gasteiger partial charge in [0.05, 0.1) is 11.3 Å². The van der Waals surface area contributed by atoms with Gasteiger partial charge in [-0.2, -0.15) is 0 Å². The van der Waals surface area contributed by atoms with Crippen molar-refractivity contribution in [3.05, 3.63) is 58.7 Å². The lowest BCUT2D eigenvalue weighted by atomic mass is 10.0. The highest BCUT2D eigenvalue weighted by Crippen LogP contribution is 2.25. The monoisotopic (exact) mass is 285 g/mol. The van der Waals surface area contributed by atoms with Gasteiger partial charge in [0.2, 0.25) is 0 Å². The van der Waals surface area contributed by atoms with Crippen LogP contribution in [0.25, 0.3) is 0 Å². The minimum absolute atomic E-state index is 0.0444. The first-order chi connectivity index (χ1) is 9.88. The number of hydrogen-bond acceptors (Lipinski definition) is 3. The first-order valence-electron chi connectivity index (χ1n) is 6.33. The molecule has 2 aromatic rings. The number of anilines is 1. The first-order valence-corrected chi connectivity index (χ1v) is 6.33. The maximum absolute atomic E-state index is 12.2. The fourth-order valence-electron chi connectivity index (χ4n) is 2.03. The summed E-state index contributed by atoms with van der Waals surface area (Å²) in [5.41, 5.74) is 2.51. The number of phenolic OH excluding ortho intramolecular Hbond substituents is 1. The number of hydrogen-bond donors (Lipinski definition) is 3. The topological polar surface area (TPSA) is 86.6 Å². The highest BCUT2D eigenvalue weighted by Gasteiger charge is 2.13. The quantitative estimate of drug-likeness (QED) is 0.757. The molecule has 0 fully saturated rings. The molecule has 0 aromatic heterocycles. The highest BCUT2D eigenvalue weighted by molar-refractivity contribution is 6.06. The molecule has 0 atom stereocenters. The number of carbonyl (C=O) groups is 2. The first kappa shape index (κ1) is 14.6. The van der Waals surface area contributed by atoms with Crippen molar-refractivity contribution < 1.29 is 19.8 Å². The normalized spacial score (nSPS) is 10.2. The number of aryl methyl sites for hydroxylation is 2. The van der Waals surface area contributed by atoms with Crippen molar-refractivity contribution >= 4 is 17.6 Å². The summed E-state index contributed by atoms with van der Waals surface area (Å²) in [6, 6.07) is 9.21. The van der Waals surface area contributed by atoms with Crippen LogP contribution in [-0.2, 0) is 0 Å². The Kier molecular flexibility index (Phi) is 3.93. The number of carboxylic acid groups (broad SMARTS) is 1. The fourth-order valence-corrected chi connectivity index (χ4v) is 2.03. The van der Waals surface area contributed by atoms with E-state index in [1.54, 1.807) is 6.07 Å². The third-order valence-corrected chi connectivity index (χ3v) is 3.12. The molecule has 0 bridgehead atoms. The molecule has 3 N–H and O–H groups in total. The lowest BCUT2D eigenvalue weighted by molar-refractivity contribution is 0.0696. The molecular formula is C16H15NO4. The van der Waals surface area contributed by atoms with Crippen molar-refractivity contribution in [1.82, 2.24) is 0 Å². The molecule has 1 amide bonds. The van der Waals surface area contributed by atoms with E-state index in [2.05, 4.69) is 5.32 Å². The number of aromatic carboxylic acids is 1. The van der Waals surface area contributed by atoms with E-state index in [0.717, 1.165) is 17.2 Å². The molecule has 5 nitrogen and oxygen atoms in total. The summed E-state index contributed by atoms with van der Waals surface area (Å²) in [6.07, 6.45) is 0. The van der Waals surface area contributed by atoms with E-state index in [0.29, 0.717) is 5.56 Å². The molecule has 0 aliphatic heterocycles. The average molecular weight is 285 g/mol. The van der Waals surface area contributed by atoms with Crippen LogP contribution in [-0.4, -0.2) is 22.1 Å². The van der Waals surface area contributed by atoms with Gasteiger partial charge in [0.1, 0.15) is 5.75 Å². The van der Waals surface area contributed by atoms with Gasteiger partial charge in [-0.3, -0.25) is 4.79 Å². The molecule has 0 aliphatic rings. The maximum Gasteiger partial charge on any atom is 0.335 e. The lowest BCUT2D eigenvalue weighted by Crippen LogP contribution is -2.13. The van der Waals surface area contributed by atoms with E-state index >= 15 is 0 Å². The molecular weight excluding hydrogens is 270 g/mol. The van der Waals surface area contributed by atoms with E-state index < -0.39 is 5.97 Å². The number of carboxylic acids is 1. The third kappa shape index (κ3) is 3.20. The summed E-state index contributed by atoms with van der Waals surface area (Å²) >= 11 is 0. The fraction of sp³-hybridized carbons (Fsp3) is 0.125. The molecule has 21 heavy (non-hydrogen) atoms. The standard InChI is InChI=1S/C16H15NO4/c1-9-3-5-12(10(2)7-9)15(19)17-13-6-4-11(16(20)21)8-14(13)18/h3-8,18H,1-2H3,(H,17,19)(H,20,21). The minimum atomic E-state index is -1.14. The molecule has 5 heteroatoms. The van der Waals surface area contributed by atoms with Gasteiger partial charge in [-0.25, -0.2) is 4.79 Å². The van der Waals surface area contributed by atoms with Gasteiger partial charge in [-0.15, -0.1) is 0 Å². The van der Waals surface area contributed by atoms with Crippen LogP contribution in [0.15, 0.2) is 36.4 Å². The van der Waals surface area contributed by atoms with Crippen LogP contribution in [0.2, 0.25) is 0 Å². The molecule has 0 heterocycles. The van der Waals surface area contributed by atoms with Crippen molar-refractivity contribution in [2.45, 2.75) is 13.8 Å². The summed E-state index contributed by atoms with van der Waals surface area (Å²) < 4.78 is 0. The second-order valence-corrected chi connectivity index (χ2v) is 4.81. The molecule has 0 unspecified atom stereocenters. The van der Waals surface area contributed by atoms with Crippen molar-refractivity contribution in [2.24, 2.45) is 0 Å². The van der Waals surface area contributed by atoms with Crippen LogP contribution in [0.3, 0.4) is 0 Å². The SMILES string of the molecule is Cc1ccc(C(=O)Nc2ccc(C(=O)O)cc2O)c(C)c1. The molecule has 0 saturated carbocycles. The summed E-state index contributed by atoms with van der Waals surface area (Å²) in [4.78, 5) is 23.0. The Hall–Kier alpha value is -2.82. The Balaban J connectivity index is 2.25. The smallest absolute Gasteiger partial charge is 0.335 e. The zero-order valence-electron chi connectivity index (χ0n) is 11.7. The van der Waals surface area contributed by atoms with Crippen LogP contribution in [0.1, 0.15) is 31.8 Å². The summed E-state index contributed by atoms with van der Waals surface area (Å²) in [5.74, 6) is -1.78. The Labute approximate surface area is 121 Å². The molecule has 108 valence electrons. The number of phenols is 1. The number of carbonyl (C=O) groups excluding carboxylic acids is 1.